The second-order valence-corrected chi connectivity index (χ2v) is 5.45. The highest BCUT2D eigenvalue weighted by Crippen LogP contribution is 2.28. The Balaban J connectivity index is 2.46. The number of benzene rings is 1. The maximum atomic E-state index is 5.92. The van der Waals surface area contributed by atoms with Crippen molar-refractivity contribution in [2.75, 3.05) is 0 Å². The molecule has 0 N–H and O–H groups in total. The fourth-order valence-corrected chi connectivity index (χ4v) is 1.99. The molecule has 0 amide bonds. The second-order valence-electron chi connectivity index (χ2n) is 3.20. The molecule has 0 radical (unpaired) electrons. The summed E-state index contributed by atoms with van der Waals surface area (Å²) in [5, 5.41) is 4.16. The van der Waals surface area contributed by atoms with E-state index in [0.717, 1.165) is 9.13 Å². The van der Waals surface area contributed by atoms with E-state index in [2.05, 4.69) is 32.7 Å². The van der Waals surface area contributed by atoms with Gasteiger partial charge >= 0.3 is 0 Å². The molecule has 3 nitrogen and oxygen atoms in total. The van der Waals surface area contributed by atoms with E-state index in [9.17, 15) is 0 Å². The maximum absolute atomic E-state index is 5.92. The van der Waals surface area contributed by atoms with Crippen molar-refractivity contribution in [3.63, 3.8) is 0 Å². The van der Waals surface area contributed by atoms with E-state index >= 15 is 0 Å². The first-order valence-electron chi connectivity index (χ1n) is 4.51. The summed E-state index contributed by atoms with van der Waals surface area (Å²) in [7, 11) is 0. The van der Waals surface area contributed by atoms with Crippen LogP contribution in [-0.4, -0.2) is 10.1 Å². The molecule has 2 aromatic rings. The van der Waals surface area contributed by atoms with Crippen LogP contribution in [0.2, 0.25) is 5.02 Å². The molecule has 0 spiro atoms. The van der Waals surface area contributed by atoms with E-state index < -0.39 is 0 Å². The zero-order valence-corrected chi connectivity index (χ0v) is 11.9. The molecule has 16 heavy (non-hydrogen) atoms. The number of hydrogen-bond donors (Lipinski definition) is 0. The average molecular weight is 369 g/mol. The van der Waals surface area contributed by atoms with Crippen LogP contribution >= 0.6 is 45.8 Å². The first-order chi connectivity index (χ1) is 7.58. The second kappa shape index (κ2) is 4.89. The molecule has 6 heteroatoms. The molecule has 1 heterocycles. The van der Waals surface area contributed by atoms with Crippen molar-refractivity contribution in [2.45, 2.75) is 12.3 Å². The van der Waals surface area contributed by atoms with Crippen LogP contribution in [0.1, 0.15) is 18.1 Å². The van der Waals surface area contributed by atoms with Crippen LogP contribution in [0.15, 0.2) is 22.7 Å². The fraction of sp³-hybridized carbons (Fsp3) is 0.200. The molecular weight excluding hydrogens is 362 g/mol. The number of rotatable bonds is 2. The predicted molar refractivity (Wildman–Crippen MR) is 71.7 cm³/mol. The Kier molecular flexibility index (Phi) is 3.71. The standard InChI is InChI=1S/C10H7Cl2IN2O/c1-5(11)9-14-10(16-15-9)7-4-6(12)2-3-8(7)13/h2-5H,1H3. The summed E-state index contributed by atoms with van der Waals surface area (Å²) in [5.41, 5.74) is 0.823. The zero-order valence-electron chi connectivity index (χ0n) is 8.25. The molecule has 84 valence electrons. The number of alkyl halides is 1. The van der Waals surface area contributed by atoms with Gasteiger partial charge in [0.1, 0.15) is 0 Å². The first-order valence-corrected chi connectivity index (χ1v) is 6.40. The molecule has 1 unspecified atom stereocenters. The van der Waals surface area contributed by atoms with Gasteiger partial charge in [0.25, 0.3) is 5.89 Å². The third-order valence-electron chi connectivity index (χ3n) is 1.96. The third kappa shape index (κ3) is 2.49. The fourth-order valence-electron chi connectivity index (χ4n) is 1.17. The van der Waals surface area contributed by atoms with Crippen LogP contribution in [0.25, 0.3) is 11.5 Å². The third-order valence-corrected chi connectivity index (χ3v) is 3.33. The quantitative estimate of drug-likeness (QED) is 0.586. The molecule has 1 aromatic heterocycles. The van der Waals surface area contributed by atoms with Crippen LogP contribution in [0.4, 0.5) is 0 Å². The lowest BCUT2D eigenvalue weighted by Crippen LogP contribution is -1.87. The van der Waals surface area contributed by atoms with Crippen LogP contribution in [0.3, 0.4) is 0 Å². The van der Waals surface area contributed by atoms with Crippen LogP contribution in [0, 0.1) is 3.57 Å². The van der Waals surface area contributed by atoms with E-state index in [0.29, 0.717) is 16.7 Å². The Hall–Kier alpha value is -0.330. The summed E-state index contributed by atoms with van der Waals surface area (Å²) in [4.78, 5) is 4.21. The Morgan fingerprint density at radius 3 is 2.81 bits per heavy atom. The lowest BCUT2D eigenvalue weighted by molar-refractivity contribution is 0.422. The van der Waals surface area contributed by atoms with Crippen LogP contribution < -0.4 is 0 Å². The zero-order chi connectivity index (χ0) is 11.7. The van der Waals surface area contributed by atoms with Crippen molar-refractivity contribution < 1.29 is 4.52 Å². The van der Waals surface area contributed by atoms with Gasteiger partial charge in [-0.1, -0.05) is 16.8 Å². The van der Waals surface area contributed by atoms with E-state index in [1.165, 1.54) is 0 Å². The predicted octanol–water partition coefficient (Wildman–Crippen LogP) is 4.29. The Morgan fingerprint density at radius 2 is 2.19 bits per heavy atom. The van der Waals surface area contributed by atoms with Crippen molar-refractivity contribution in [2.24, 2.45) is 0 Å². The van der Waals surface area contributed by atoms with Gasteiger partial charge in [-0.2, -0.15) is 4.98 Å². The van der Waals surface area contributed by atoms with Gasteiger partial charge < -0.3 is 4.52 Å². The van der Waals surface area contributed by atoms with Gasteiger partial charge in [0.2, 0.25) is 0 Å². The lowest BCUT2D eigenvalue weighted by atomic mass is 10.2. The van der Waals surface area contributed by atoms with Gasteiger partial charge in [-0.25, -0.2) is 0 Å². The summed E-state index contributed by atoms with van der Waals surface area (Å²) in [6, 6.07) is 5.50. The maximum Gasteiger partial charge on any atom is 0.259 e. The van der Waals surface area contributed by atoms with Gasteiger partial charge in [-0.3, -0.25) is 0 Å². The van der Waals surface area contributed by atoms with Gasteiger partial charge in [0.05, 0.1) is 10.9 Å². The Morgan fingerprint density at radius 1 is 1.44 bits per heavy atom. The number of aromatic nitrogens is 2. The molecule has 0 bridgehead atoms. The van der Waals surface area contributed by atoms with Crippen molar-refractivity contribution in [1.29, 1.82) is 0 Å². The number of nitrogens with zero attached hydrogens (tertiary/aromatic N) is 2. The molecule has 0 saturated heterocycles. The lowest BCUT2D eigenvalue weighted by Gasteiger charge is -1.98. The molecular formula is C10H7Cl2IN2O. The van der Waals surface area contributed by atoms with Crippen LogP contribution in [-0.2, 0) is 0 Å². The van der Waals surface area contributed by atoms with Gasteiger partial charge in [-0.15, -0.1) is 11.6 Å². The smallest absolute Gasteiger partial charge is 0.259 e. The molecule has 1 atom stereocenters. The Labute approximate surface area is 116 Å². The van der Waals surface area contributed by atoms with Crippen molar-refractivity contribution >= 4 is 45.8 Å². The van der Waals surface area contributed by atoms with Crippen molar-refractivity contribution in [3.05, 3.63) is 32.6 Å². The summed E-state index contributed by atoms with van der Waals surface area (Å²) in [6.45, 7) is 1.79. The normalized spacial score (nSPS) is 12.8. The highest BCUT2D eigenvalue weighted by Gasteiger charge is 2.14. The van der Waals surface area contributed by atoms with E-state index in [4.69, 9.17) is 27.7 Å². The molecule has 0 aliphatic heterocycles. The molecule has 1 aromatic carbocycles. The van der Waals surface area contributed by atoms with Crippen molar-refractivity contribution in [1.82, 2.24) is 10.1 Å². The van der Waals surface area contributed by atoms with Crippen molar-refractivity contribution in [3.8, 4) is 11.5 Å². The monoisotopic (exact) mass is 368 g/mol. The topological polar surface area (TPSA) is 38.9 Å². The molecule has 0 aliphatic carbocycles. The SMILES string of the molecule is CC(Cl)c1noc(-c2cc(Cl)ccc2I)n1. The van der Waals surface area contributed by atoms with Gasteiger partial charge in [0, 0.05) is 8.59 Å². The minimum atomic E-state index is -0.269. The van der Waals surface area contributed by atoms with Gasteiger partial charge in [0.15, 0.2) is 5.82 Å². The van der Waals surface area contributed by atoms with E-state index in [1.54, 1.807) is 13.0 Å². The summed E-state index contributed by atoms with van der Waals surface area (Å²) in [5.74, 6) is 0.918. The molecule has 0 saturated carbocycles. The number of hydrogen-bond acceptors (Lipinski definition) is 3. The molecule has 2 rings (SSSR count). The summed E-state index contributed by atoms with van der Waals surface area (Å²) in [6.07, 6.45) is 0. The largest absolute Gasteiger partial charge is 0.334 e. The number of halogens is 3. The summed E-state index contributed by atoms with van der Waals surface area (Å²) >= 11 is 14.0. The Bertz CT molecular complexity index is 513. The minimum absolute atomic E-state index is 0.269. The average Bonchev–Trinajstić information content (AvgIpc) is 2.70. The highest BCUT2D eigenvalue weighted by molar-refractivity contribution is 14.1. The molecule has 0 fully saturated rings. The minimum Gasteiger partial charge on any atom is -0.334 e. The first kappa shape index (κ1) is 12.1. The van der Waals surface area contributed by atoms with E-state index in [-0.39, 0.29) is 5.38 Å². The highest BCUT2D eigenvalue weighted by atomic mass is 127. The van der Waals surface area contributed by atoms with Crippen LogP contribution in [0.5, 0.6) is 0 Å². The van der Waals surface area contributed by atoms with E-state index in [1.807, 2.05) is 12.1 Å². The molecule has 0 aliphatic rings. The van der Waals surface area contributed by atoms with Gasteiger partial charge in [-0.05, 0) is 47.7 Å². The summed E-state index contributed by atoms with van der Waals surface area (Å²) < 4.78 is 6.14.